The molecule has 0 spiro atoms. The smallest absolute Gasteiger partial charge is 0.160 e. The normalized spacial score (nSPS) is 25.5. The summed E-state index contributed by atoms with van der Waals surface area (Å²) in [5.74, 6) is 1.50. The highest BCUT2D eigenvalue weighted by atomic mass is 16.6. The van der Waals surface area contributed by atoms with Gasteiger partial charge in [0, 0.05) is 11.0 Å². The Morgan fingerprint density at radius 3 is 2.46 bits per heavy atom. The number of aryl methyl sites for hydroxylation is 1. The van der Waals surface area contributed by atoms with E-state index in [1.165, 1.54) is 5.56 Å². The van der Waals surface area contributed by atoms with Crippen LogP contribution in [0.25, 0.3) is 0 Å². The molecule has 2 aromatic rings. The second-order valence-electron chi connectivity index (χ2n) is 10.0. The maximum atomic E-state index is 10.5. The maximum absolute atomic E-state index is 10.5. The first-order valence-electron chi connectivity index (χ1n) is 12.5. The van der Waals surface area contributed by atoms with Gasteiger partial charge in [0.15, 0.2) is 11.5 Å². The quantitative estimate of drug-likeness (QED) is 0.186. The molecule has 1 unspecified atom stereocenters. The van der Waals surface area contributed by atoms with Gasteiger partial charge in [0.25, 0.3) is 0 Å². The molecule has 0 heterocycles. The molecule has 1 saturated carbocycles. The lowest BCUT2D eigenvalue weighted by molar-refractivity contribution is 0.102. The number of phenols is 1. The van der Waals surface area contributed by atoms with Gasteiger partial charge in [0.1, 0.15) is 6.61 Å². The molecule has 37 heavy (non-hydrogen) atoms. The molecule has 6 nitrogen and oxygen atoms in total. The number of benzene rings is 2. The molecule has 2 aliphatic carbocycles. The minimum Gasteiger partial charge on any atom is -0.504 e. The number of phenolic OH excluding ortho intramolecular Hbond substituents is 1. The molecule has 1 fully saturated rings. The zero-order valence-electron chi connectivity index (χ0n) is 22.0. The molecular weight excluding hydrogens is 464 g/mol. The van der Waals surface area contributed by atoms with Gasteiger partial charge in [-0.15, -0.1) is 12.8 Å². The zero-order valence-corrected chi connectivity index (χ0v) is 22.0. The number of fused-ring (bicyclic) bond motifs is 3. The third-order valence-corrected chi connectivity index (χ3v) is 8.27. The third kappa shape index (κ3) is 5.77. The van der Waals surface area contributed by atoms with Crippen LogP contribution in [0, 0.1) is 37.0 Å². The summed E-state index contributed by atoms with van der Waals surface area (Å²) < 4.78 is 5.44. The molecule has 0 saturated heterocycles. The number of nitrogens with zero attached hydrogens (tertiary/aromatic N) is 2. The number of methoxy groups -OCH3 is 1. The van der Waals surface area contributed by atoms with Crippen LogP contribution < -0.4 is 4.74 Å². The monoisotopic (exact) mass is 506 g/mol. The standard InChI is InChI=1S/C28H36N2O4.C2H2.CH4/c1-6-27(29-32)28(4)12-11-20-21(18(28)3)13-24(23-14-25(31)26(33-5)15-22(20)23)30-34-16-19-9-7-17(2)8-10-19;1-2;/h7-10,14-15,18,20-21,31-32H,6,11-13,16H2,1-5H3;1-2H;1H4/b29-27+,30-24+;;/t18?,20-,21-,28-;;/m0../s1. The van der Waals surface area contributed by atoms with E-state index in [9.17, 15) is 10.3 Å². The fourth-order valence-electron chi connectivity index (χ4n) is 6.01. The first-order valence-corrected chi connectivity index (χ1v) is 12.5. The van der Waals surface area contributed by atoms with Crippen LogP contribution in [-0.4, -0.2) is 28.8 Å². The molecule has 200 valence electrons. The van der Waals surface area contributed by atoms with Crippen LogP contribution in [0.1, 0.15) is 82.1 Å². The molecule has 4 rings (SSSR count). The number of aromatic hydroxyl groups is 1. The molecule has 4 atom stereocenters. The molecular formula is C31H42N2O4. The molecule has 2 N–H and O–H groups in total. The summed E-state index contributed by atoms with van der Waals surface area (Å²) in [4.78, 5) is 5.82. The summed E-state index contributed by atoms with van der Waals surface area (Å²) in [6, 6.07) is 12.0. The Kier molecular flexibility index (Phi) is 10.2. The van der Waals surface area contributed by atoms with E-state index >= 15 is 0 Å². The van der Waals surface area contributed by atoms with E-state index < -0.39 is 0 Å². The fourth-order valence-corrected chi connectivity index (χ4v) is 6.01. The number of ether oxygens (including phenoxy) is 1. The van der Waals surface area contributed by atoms with Crippen LogP contribution in [0.4, 0.5) is 0 Å². The topological polar surface area (TPSA) is 83.6 Å². The van der Waals surface area contributed by atoms with Crippen LogP contribution >= 0.6 is 0 Å². The fraction of sp³-hybridized carbons (Fsp3) is 0.484. The maximum Gasteiger partial charge on any atom is 0.160 e. The van der Waals surface area contributed by atoms with E-state index in [1.54, 1.807) is 13.2 Å². The SMILES string of the molecule is C.C#C.CC/C(=N\O)[C@@]1(C)CC[C@@H]2c3cc(OC)c(O)cc3/C(=N/OCc3ccc(C)cc3)C[C@H]2C1C. The summed E-state index contributed by atoms with van der Waals surface area (Å²) in [5, 5.41) is 28.5. The molecule has 2 aliphatic rings. The third-order valence-electron chi connectivity index (χ3n) is 8.27. The Labute approximate surface area is 222 Å². The highest BCUT2D eigenvalue weighted by molar-refractivity contribution is 6.03. The Hall–Kier alpha value is -3.46. The molecule has 0 bridgehead atoms. The summed E-state index contributed by atoms with van der Waals surface area (Å²) in [5.41, 5.74) is 5.89. The van der Waals surface area contributed by atoms with Crippen molar-refractivity contribution < 1.29 is 19.9 Å². The van der Waals surface area contributed by atoms with Gasteiger partial charge in [-0.2, -0.15) is 0 Å². The number of hydrogen-bond donors (Lipinski definition) is 2. The Balaban J connectivity index is 0.00000157. The summed E-state index contributed by atoms with van der Waals surface area (Å²) in [6.07, 6.45) is 11.4. The predicted octanol–water partition coefficient (Wildman–Crippen LogP) is 7.30. The van der Waals surface area contributed by atoms with Gasteiger partial charge in [-0.05, 0) is 73.6 Å². The largest absolute Gasteiger partial charge is 0.504 e. The Morgan fingerprint density at radius 2 is 1.86 bits per heavy atom. The van der Waals surface area contributed by atoms with E-state index in [0.29, 0.717) is 24.2 Å². The van der Waals surface area contributed by atoms with E-state index in [-0.39, 0.29) is 24.5 Å². The van der Waals surface area contributed by atoms with E-state index in [1.807, 2.05) is 18.2 Å². The van der Waals surface area contributed by atoms with Crippen molar-refractivity contribution in [2.75, 3.05) is 7.11 Å². The van der Waals surface area contributed by atoms with Gasteiger partial charge in [-0.25, -0.2) is 0 Å². The van der Waals surface area contributed by atoms with Gasteiger partial charge in [-0.1, -0.05) is 68.3 Å². The lowest BCUT2D eigenvalue weighted by Gasteiger charge is -2.50. The molecule has 6 heteroatoms. The highest BCUT2D eigenvalue weighted by Crippen LogP contribution is 2.56. The van der Waals surface area contributed by atoms with Crippen molar-refractivity contribution in [2.45, 2.75) is 73.3 Å². The molecule has 0 aliphatic heterocycles. The second kappa shape index (κ2) is 12.7. The van der Waals surface area contributed by atoms with Crippen LogP contribution in [0.15, 0.2) is 46.7 Å². The molecule has 0 amide bonds. The Morgan fingerprint density at radius 1 is 1.19 bits per heavy atom. The van der Waals surface area contributed by atoms with Crippen LogP contribution in [0.3, 0.4) is 0 Å². The average Bonchev–Trinajstić information content (AvgIpc) is 2.89. The number of rotatable bonds is 6. The first-order chi connectivity index (χ1) is 17.3. The van der Waals surface area contributed by atoms with Crippen molar-refractivity contribution in [3.05, 3.63) is 58.7 Å². The van der Waals surface area contributed by atoms with Crippen LogP contribution in [0.2, 0.25) is 0 Å². The van der Waals surface area contributed by atoms with Crippen LogP contribution in [0.5, 0.6) is 11.5 Å². The van der Waals surface area contributed by atoms with Crippen LogP contribution in [-0.2, 0) is 11.4 Å². The summed E-state index contributed by atoms with van der Waals surface area (Å²) in [6.45, 7) is 9.00. The highest BCUT2D eigenvalue weighted by Gasteiger charge is 2.49. The van der Waals surface area contributed by atoms with E-state index in [4.69, 9.17) is 9.57 Å². The van der Waals surface area contributed by atoms with Crippen molar-refractivity contribution in [2.24, 2.45) is 27.6 Å². The Bertz CT molecular complexity index is 1140. The number of oxime groups is 2. The van der Waals surface area contributed by atoms with Crippen molar-refractivity contribution in [1.29, 1.82) is 0 Å². The van der Waals surface area contributed by atoms with Gasteiger partial charge in [0.05, 0.1) is 18.5 Å². The second-order valence-corrected chi connectivity index (χ2v) is 10.0. The minimum atomic E-state index is -0.170. The van der Waals surface area contributed by atoms with Crippen molar-refractivity contribution in [3.8, 4) is 24.3 Å². The summed E-state index contributed by atoms with van der Waals surface area (Å²) >= 11 is 0. The number of hydrogen-bond acceptors (Lipinski definition) is 6. The van der Waals surface area contributed by atoms with Crippen molar-refractivity contribution >= 4 is 11.4 Å². The minimum absolute atomic E-state index is 0. The lowest BCUT2D eigenvalue weighted by Crippen LogP contribution is -2.46. The van der Waals surface area contributed by atoms with Gasteiger partial charge in [0.2, 0.25) is 0 Å². The van der Waals surface area contributed by atoms with Crippen molar-refractivity contribution in [3.63, 3.8) is 0 Å². The summed E-state index contributed by atoms with van der Waals surface area (Å²) in [7, 11) is 1.58. The van der Waals surface area contributed by atoms with Gasteiger partial charge < -0.3 is 19.9 Å². The lowest BCUT2D eigenvalue weighted by atomic mass is 9.53. The molecule has 0 aromatic heterocycles. The molecule has 0 radical (unpaired) electrons. The predicted molar refractivity (Wildman–Crippen MR) is 151 cm³/mol. The first kappa shape index (κ1) is 29.8. The molecule has 2 aromatic carbocycles. The van der Waals surface area contributed by atoms with Gasteiger partial charge in [-0.3, -0.25) is 0 Å². The van der Waals surface area contributed by atoms with Crippen molar-refractivity contribution in [1.82, 2.24) is 0 Å². The average molecular weight is 507 g/mol. The zero-order chi connectivity index (χ0) is 26.5. The van der Waals surface area contributed by atoms with E-state index in [0.717, 1.165) is 53.8 Å². The van der Waals surface area contributed by atoms with E-state index in [2.05, 4.69) is 63.0 Å². The number of terminal acetylenes is 1. The van der Waals surface area contributed by atoms with Gasteiger partial charge >= 0.3 is 0 Å².